The second kappa shape index (κ2) is 4.73. The Balaban J connectivity index is 3.45. The van der Waals surface area contributed by atoms with Gasteiger partial charge in [0.25, 0.3) is 0 Å². The molecule has 5 heteroatoms. The Labute approximate surface area is 91.5 Å². The molecule has 0 aliphatic rings. The van der Waals surface area contributed by atoms with Crippen LogP contribution in [0.3, 0.4) is 0 Å². The van der Waals surface area contributed by atoms with E-state index in [-0.39, 0.29) is 11.3 Å². The molecule has 0 atom stereocenters. The average Bonchev–Trinajstić information content (AvgIpc) is 2.20. The number of isocyanates is 1. The largest absolute Gasteiger partial charge is 0.465 e. The summed E-state index contributed by atoms with van der Waals surface area (Å²) in [6.07, 6.45) is 1.39. The van der Waals surface area contributed by atoms with Crippen LogP contribution in [0.5, 0.6) is 0 Å². The summed E-state index contributed by atoms with van der Waals surface area (Å²) in [6, 6.07) is 3.00. The summed E-state index contributed by atoms with van der Waals surface area (Å²) in [5.74, 6) is -0.588. The third-order valence-corrected chi connectivity index (χ3v) is 2.05. The first-order valence-electron chi connectivity index (χ1n) is 4.06. The Morgan fingerprint density at radius 1 is 1.53 bits per heavy atom. The molecule has 4 nitrogen and oxygen atoms in total. The predicted octanol–water partition coefficient (Wildman–Crippen LogP) is 2.40. The smallest absolute Gasteiger partial charge is 0.340 e. The first-order chi connectivity index (χ1) is 7.10. The molecule has 0 aliphatic carbocycles. The van der Waals surface area contributed by atoms with Crippen LogP contribution in [0.1, 0.15) is 15.9 Å². The average molecular weight is 226 g/mol. The summed E-state index contributed by atoms with van der Waals surface area (Å²) in [5.41, 5.74) is 1.01. The number of methoxy groups -OCH3 is 1. The zero-order valence-corrected chi connectivity index (χ0v) is 8.96. The van der Waals surface area contributed by atoms with Crippen molar-refractivity contribution in [2.45, 2.75) is 6.92 Å². The minimum absolute atomic E-state index is 0.158. The molecule has 0 unspecified atom stereocenters. The van der Waals surface area contributed by atoms with Crippen molar-refractivity contribution in [3.8, 4) is 0 Å². The highest BCUT2D eigenvalue weighted by atomic mass is 35.5. The van der Waals surface area contributed by atoms with E-state index in [1.54, 1.807) is 13.0 Å². The molecule has 0 N–H and O–H groups in total. The van der Waals surface area contributed by atoms with Crippen molar-refractivity contribution in [1.29, 1.82) is 0 Å². The van der Waals surface area contributed by atoms with Gasteiger partial charge in [0.15, 0.2) is 0 Å². The maximum Gasteiger partial charge on any atom is 0.340 e. The van der Waals surface area contributed by atoms with E-state index < -0.39 is 5.97 Å². The summed E-state index contributed by atoms with van der Waals surface area (Å²) in [6.45, 7) is 1.69. The molecule has 0 heterocycles. The standard InChI is InChI=1S/C10H8ClNO3/c1-6-3-7(11)4-8(10(14)15-2)9(6)12-5-13/h3-4H,1-2H3. The number of halogens is 1. The number of benzene rings is 1. The van der Waals surface area contributed by atoms with Crippen LogP contribution in [0, 0.1) is 6.92 Å². The molecule has 0 spiro atoms. The molecule has 78 valence electrons. The summed E-state index contributed by atoms with van der Waals surface area (Å²) in [7, 11) is 1.24. The predicted molar refractivity (Wildman–Crippen MR) is 55.3 cm³/mol. The van der Waals surface area contributed by atoms with Crippen LogP contribution in [0.15, 0.2) is 17.1 Å². The lowest BCUT2D eigenvalue weighted by Crippen LogP contribution is -2.02. The maximum atomic E-state index is 11.3. The van der Waals surface area contributed by atoms with E-state index in [1.807, 2.05) is 0 Å². The second-order valence-corrected chi connectivity index (χ2v) is 3.25. The van der Waals surface area contributed by atoms with Crippen molar-refractivity contribution >= 4 is 29.3 Å². The number of esters is 1. The number of hydrogen-bond acceptors (Lipinski definition) is 4. The van der Waals surface area contributed by atoms with Gasteiger partial charge in [-0.25, -0.2) is 9.59 Å². The van der Waals surface area contributed by atoms with E-state index in [1.165, 1.54) is 19.3 Å². The van der Waals surface area contributed by atoms with Crippen molar-refractivity contribution < 1.29 is 14.3 Å². The molecule has 1 aromatic rings. The fourth-order valence-corrected chi connectivity index (χ4v) is 1.47. The number of ether oxygens (including phenoxy) is 1. The molecular weight excluding hydrogens is 218 g/mol. The van der Waals surface area contributed by atoms with Crippen molar-refractivity contribution in [2.75, 3.05) is 7.11 Å². The monoisotopic (exact) mass is 225 g/mol. The maximum absolute atomic E-state index is 11.3. The molecule has 1 rings (SSSR count). The van der Waals surface area contributed by atoms with Crippen molar-refractivity contribution in [1.82, 2.24) is 0 Å². The van der Waals surface area contributed by atoms with Gasteiger partial charge < -0.3 is 4.74 Å². The first kappa shape index (κ1) is 11.4. The third kappa shape index (κ3) is 2.43. The molecule has 0 saturated heterocycles. The summed E-state index contributed by atoms with van der Waals surface area (Å²) < 4.78 is 4.55. The van der Waals surface area contributed by atoms with Gasteiger partial charge in [-0.3, -0.25) is 0 Å². The molecular formula is C10H8ClNO3. The third-order valence-electron chi connectivity index (χ3n) is 1.83. The van der Waals surface area contributed by atoms with Gasteiger partial charge in [0.1, 0.15) is 0 Å². The Hall–Kier alpha value is -1.64. The van der Waals surface area contributed by atoms with E-state index in [0.29, 0.717) is 10.6 Å². The van der Waals surface area contributed by atoms with Crippen molar-refractivity contribution in [2.24, 2.45) is 4.99 Å². The van der Waals surface area contributed by atoms with Gasteiger partial charge in [-0.2, -0.15) is 4.99 Å². The number of aryl methyl sites for hydroxylation is 1. The van der Waals surface area contributed by atoms with Gasteiger partial charge >= 0.3 is 5.97 Å². The first-order valence-corrected chi connectivity index (χ1v) is 4.44. The molecule has 0 aromatic heterocycles. The van der Waals surface area contributed by atoms with E-state index in [4.69, 9.17) is 11.6 Å². The van der Waals surface area contributed by atoms with Crippen LogP contribution < -0.4 is 0 Å². The molecule has 0 fully saturated rings. The van der Waals surface area contributed by atoms with Gasteiger partial charge in [-0.05, 0) is 24.6 Å². The summed E-state index contributed by atoms with van der Waals surface area (Å²) >= 11 is 5.78. The van der Waals surface area contributed by atoms with E-state index in [9.17, 15) is 9.59 Å². The fourth-order valence-electron chi connectivity index (χ4n) is 1.20. The number of rotatable bonds is 2. The van der Waals surface area contributed by atoms with Crippen molar-refractivity contribution in [3.05, 3.63) is 28.3 Å². The lowest BCUT2D eigenvalue weighted by atomic mass is 10.1. The van der Waals surface area contributed by atoms with Crippen LogP contribution in [-0.2, 0) is 9.53 Å². The molecule has 15 heavy (non-hydrogen) atoms. The Morgan fingerprint density at radius 3 is 2.73 bits per heavy atom. The molecule has 0 aliphatic heterocycles. The lowest BCUT2D eigenvalue weighted by molar-refractivity contribution is 0.0601. The fraction of sp³-hybridized carbons (Fsp3) is 0.200. The van der Waals surface area contributed by atoms with E-state index in [0.717, 1.165) is 0 Å². The number of nitrogens with zero attached hydrogens (tertiary/aromatic N) is 1. The second-order valence-electron chi connectivity index (χ2n) is 2.81. The quantitative estimate of drug-likeness (QED) is 0.441. The SMILES string of the molecule is COC(=O)c1cc(Cl)cc(C)c1N=C=O. The molecule has 0 saturated carbocycles. The van der Waals surface area contributed by atoms with Crippen LogP contribution in [0.25, 0.3) is 0 Å². The Bertz CT molecular complexity index is 450. The van der Waals surface area contributed by atoms with E-state index >= 15 is 0 Å². The van der Waals surface area contributed by atoms with E-state index in [2.05, 4.69) is 9.73 Å². The molecule has 0 amide bonds. The van der Waals surface area contributed by atoms with Crippen molar-refractivity contribution in [3.63, 3.8) is 0 Å². The van der Waals surface area contributed by atoms with Crippen LogP contribution in [0.2, 0.25) is 5.02 Å². The molecule has 0 bridgehead atoms. The normalized spacial score (nSPS) is 9.27. The van der Waals surface area contributed by atoms with Gasteiger partial charge in [-0.15, -0.1) is 0 Å². The molecule has 0 radical (unpaired) electrons. The number of hydrogen-bond donors (Lipinski definition) is 0. The highest BCUT2D eigenvalue weighted by molar-refractivity contribution is 6.31. The number of aliphatic imine (C=N–C) groups is 1. The number of carbonyl (C=O) groups excluding carboxylic acids is 2. The van der Waals surface area contributed by atoms with Gasteiger partial charge in [0.05, 0.1) is 18.4 Å². The number of carbonyl (C=O) groups is 1. The van der Waals surface area contributed by atoms with Crippen LogP contribution in [0.4, 0.5) is 5.69 Å². The Morgan fingerprint density at radius 2 is 2.20 bits per heavy atom. The summed E-state index contributed by atoms with van der Waals surface area (Å²) in [5, 5.41) is 0.387. The highest BCUT2D eigenvalue weighted by Gasteiger charge is 2.14. The zero-order valence-electron chi connectivity index (χ0n) is 8.20. The highest BCUT2D eigenvalue weighted by Crippen LogP contribution is 2.28. The summed E-state index contributed by atoms with van der Waals surface area (Å²) in [4.78, 5) is 25.0. The Kier molecular flexibility index (Phi) is 3.61. The minimum Gasteiger partial charge on any atom is -0.465 e. The van der Waals surface area contributed by atoms with Gasteiger partial charge in [0.2, 0.25) is 6.08 Å². The topological polar surface area (TPSA) is 55.7 Å². The van der Waals surface area contributed by atoms with Crippen LogP contribution in [-0.4, -0.2) is 19.2 Å². The zero-order chi connectivity index (χ0) is 11.4. The lowest BCUT2D eigenvalue weighted by Gasteiger charge is -2.06. The van der Waals surface area contributed by atoms with Gasteiger partial charge in [-0.1, -0.05) is 11.6 Å². The molecule has 1 aromatic carbocycles. The van der Waals surface area contributed by atoms with Crippen LogP contribution >= 0.6 is 11.6 Å². The minimum atomic E-state index is -0.588. The van der Waals surface area contributed by atoms with Gasteiger partial charge in [0, 0.05) is 5.02 Å².